The second-order valence-corrected chi connectivity index (χ2v) is 14.4. The van der Waals surface area contributed by atoms with Gasteiger partial charge in [0.15, 0.2) is 16.6 Å². The van der Waals surface area contributed by atoms with Gasteiger partial charge in [-0.2, -0.15) is 17.7 Å². The van der Waals surface area contributed by atoms with Crippen molar-refractivity contribution in [2.24, 2.45) is 7.05 Å². The van der Waals surface area contributed by atoms with E-state index in [4.69, 9.17) is 4.42 Å². The van der Waals surface area contributed by atoms with Crippen LogP contribution in [0.2, 0.25) is 0 Å². The van der Waals surface area contributed by atoms with Crippen molar-refractivity contribution in [2.45, 2.75) is 52.6 Å². The molecule has 0 aliphatic rings. The van der Waals surface area contributed by atoms with Crippen LogP contribution in [0.5, 0.6) is 0 Å². The summed E-state index contributed by atoms with van der Waals surface area (Å²) in [5, 5.41) is 1.87. The monoisotopic (exact) mass is 693 g/mol. The zero-order valence-corrected chi connectivity index (χ0v) is 30.1. The lowest BCUT2D eigenvalue weighted by atomic mass is 9.88. The molecule has 0 unspecified atom stereocenters. The molecule has 0 saturated carbocycles. The fourth-order valence-electron chi connectivity index (χ4n) is 7.78. The molecule has 2 aromatic heterocycles. The average Bonchev–Trinajstić information content (AvgIpc) is 3.65. The number of rotatable bonds is 6. The quantitative estimate of drug-likeness (QED) is 0.159. The number of para-hydroxylation sites is 1. The standard InChI is InChI=1S/C46H40F3N2O/c1-27(2)36-24-33(31-16-11-8-12-17-31)25-37(28(3)4)42(36)51-43-38(46(47,48)49)18-13-19-39(43)50(6)45(51)41-29(5)20-22-35-34-23-21-32(26-40(34)52-44(35)41)30-14-9-7-10-15-30/h7-28H,1-6H3/q+1. The Morgan fingerprint density at radius 2 is 1.23 bits per heavy atom. The maximum absolute atomic E-state index is 15.2. The molecule has 0 saturated heterocycles. The summed E-state index contributed by atoms with van der Waals surface area (Å²) >= 11 is 0. The third-order valence-corrected chi connectivity index (χ3v) is 10.4. The highest BCUT2D eigenvalue weighted by Crippen LogP contribution is 2.45. The van der Waals surface area contributed by atoms with Gasteiger partial charge < -0.3 is 4.42 Å². The van der Waals surface area contributed by atoms with Gasteiger partial charge in [-0.05, 0) is 83.0 Å². The average molecular weight is 694 g/mol. The van der Waals surface area contributed by atoms with Crippen molar-refractivity contribution >= 4 is 33.0 Å². The molecule has 2 heterocycles. The molecule has 0 aliphatic carbocycles. The van der Waals surface area contributed by atoms with Crippen molar-refractivity contribution in [1.29, 1.82) is 0 Å². The molecule has 0 N–H and O–H groups in total. The summed E-state index contributed by atoms with van der Waals surface area (Å²) in [5.41, 5.74) is 9.91. The Balaban J connectivity index is 1.53. The summed E-state index contributed by atoms with van der Waals surface area (Å²) in [5.74, 6) is 0.641. The molecule has 8 rings (SSSR count). The summed E-state index contributed by atoms with van der Waals surface area (Å²) in [4.78, 5) is 0. The van der Waals surface area contributed by atoms with Gasteiger partial charge >= 0.3 is 6.18 Å². The van der Waals surface area contributed by atoms with Crippen LogP contribution in [0.25, 0.3) is 72.3 Å². The first-order valence-corrected chi connectivity index (χ1v) is 17.8. The summed E-state index contributed by atoms with van der Waals surface area (Å²) < 4.78 is 56.1. The van der Waals surface area contributed by atoms with Crippen LogP contribution in [0, 0.1) is 6.92 Å². The Bertz CT molecular complexity index is 2600. The Kier molecular flexibility index (Phi) is 8.09. The number of hydrogen-bond donors (Lipinski definition) is 0. The lowest BCUT2D eigenvalue weighted by molar-refractivity contribution is -0.633. The maximum atomic E-state index is 15.2. The molecular formula is C46H40F3N2O+. The summed E-state index contributed by atoms with van der Waals surface area (Å²) in [6, 6.07) is 39.5. The highest BCUT2D eigenvalue weighted by molar-refractivity contribution is 6.10. The molecule has 0 radical (unpaired) electrons. The molecule has 0 spiro atoms. The van der Waals surface area contributed by atoms with E-state index in [1.54, 1.807) is 6.07 Å². The number of aromatic nitrogens is 2. The number of furan rings is 1. The van der Waals surface area contributed by atoms with E-state index in [1.807, 2.05) is 59.5 Å². The van der Waals surface area contributed by atoms with Crippen LogP contribution in [0.1, 0.15) is 61.8 Å². The predicted molar refractivity (Wildman–Crippen MR) is 206 cm³/mol. The van der Waals surface area contributed by atoms with E-state index in [1.165, 1.54) is 12.1 Å². The van der Waals surface area contributed by atoms with Crippen molar-refractivity contribution in [3.63, 3.8) is 0 Å². The highest BCUT2D eigenvalue weighted by atomic mass is 19.4. The largest absolute Gasteiger partial charge is 0.455 e. The van der Waals surface area contributed by atoms with E-state index in [9.17, 15) is 0 Å². The fraction of sp³-hybridized carbons (Fsp3) is 0.196. The zero-order valence-electron chi connectivity index (χ0n) is 30.1. The first kappa shape index (κ1) is 33.5. The first-order chi connectivity index (χ1) is 24.9. The third-order valence-electron chi connectivity index (χ3n) is 10.4. The summed E-state index contributed by atoms with van der Waals surface area (Å²) in [7, 11) is 1.87. The van der Waals surface area contributed by atoms with Gasteiger partial charge in [-0.15, -0.1) is 0 Å². The van der Waals surface area contributed by atoms with E-state index in [0.29, 0.717) is 16.9 Å². The van der Waals surface area contributed by atoms with Gasteiger partial charge in [0.25, 0.3) is 5.82 Å². The van der Waals surface area contributed by atoms with Crippen molar-refractivity contribution < 1.29 is 22.2 Å². The second-order valence-electron chi connectivity index (χ2n) is 14.4. The molecule has 6 heteroatoms. The van der Waals surface area contributed by atoms with Crippen molar-refractivity contribution in [3.05, 3.63) is 144 Å². The Morgan fingerprint density at radius 3 is 1.83 bits per heavy atom. The summed E-state index contributed by atoms with van der Waals surface area (Å²) in [6.07, 6.45) is -4.59. The number of nitrogens with zero attached hydrogens (tertiary/aromatic N) is 2. The van der Waals surface area contributed by atoms with E-state index < -0.39 is 11.7 Å². The molecule has 52 heavy (non-hydrogen) atoms. The molecule has 0 fully saturated rings. The number of fused-ring (bicyclic) bond motifs is 4. The Labute approximate surface area is 301 Å². The number of alkyl halides is 3. The van der Waals surface area contributed by atoms with Gasteiger partial charge in [-0.25, -0.2) is 4.57 Å². The Hall–Kier alpha value is -5.62. The van der Waals surface area contributed by atoms with Crippen molar-refractivity contribution in [2.75, 3.05) is 0 Å². The van der Waals surface area contributed by atoms with Crippen LogP contribution in [0.15, 0.2) is 126 Å². The van der Waals surface area contributed by atoms with Gasteiger partial charge in [0.1, 0.15) is 22.4 Å². The fourth-order valence-corrected chi connectivity index (χ4v) is 7.78. The molecule has 260 valence electrons. The zero-order chi connectivity index (χ0) is 36.5. The van der Waals surface area contributed by atoms with Crippen LogP contribution in [-0.4, -0.2) is 4.57 Å². The normalized spacial score (nSPS) is 12.3. The smallest absolute Gasteiger partial charge is 0.420 e. The van der Waals surface area contributed by atoms with E-state index in [-0.39, 0.29) is 17.4 Å². The molecule has 0 amide bonds. The third kappa shape index (κ3) is 5.40. The molecule has 6 aromatic carbocycles. The van der Waals surface area contributed by atoms with Gasteiger partial charge in [-0.3, -0.25) is 0 Å². The minimum Gasteiger partial charge on any atom is -0.455 e. The van der Waals surface area contributed by atoms with Gasteiger partial charge in [-0.1, -0.05) is 113 Å². The highest BCUT2D eigenvalue weighted by Gasteiger charge is 2.41. The topological polar surface area (TPSA) is 21.9 Å². The molecule has 0 bridgehead atoms. The number of aryl methyl sites for hydroxylation is 2. The van der Waals surface area contributed by atoms with E-state index in [2.05, 4.69) is 94.4 Å². The second kappa shape index (κ2) is 12.6. The van der Waals surface area contributed by atoms with Gasteiger partial charge in [0, 0.05) is 21.9 Å². The number of imidazole rings is 1. The lowest BCUT2D eigenvalue weighted by Gasteiger charge is -2.21. The number of benzene rings is 6. The molecule has 0 aliphatic heterocycles. The van der Waals surface area contributed by atoms with Crippen molar-refractivity contribution in [3.8, 4) is 39.3 Å². The minimum atomic E-state index is -4.59. The van der Waals surface area contributed by atoms with Gasteiger partial charge in [0.2, 0.25) is 0 Å². The summed E-state index contributed by atoms with van der Waals surface area (Å²) in [6.45, 7) is 10.5. The van der Waals surface area contributed by atoms with Crippen LogP contribution in [-0.2, 0) is 13.2 Å². The SMILES string of the molecule is Cc1ccc2c(oc3cc(-c4ccccc4)ccc32)c1-c1n(-c2c(C(C)C)cc(-c3ccccc3)cc2C(C)C)c2c(C(F)(F)F)cccc2[n+]1C. The predicted octanol–water partition coefficient (Wildman–Crippen LogP) is 12.9. The van der Waals surface area contributed by atoms with Crippen LogP contribution in [0.4, 0.5) is 13.2 Å². The van der Waals surface area contributed by atoms with Gasteiger partial charge in [0.05, 0.1) is 7.05 Å². The number of halogens is 3. The molecule has 3 nitrogen and oxygen atoms in total. The van der Waals surface area contributed by atoms with E-state index in [0.717, 1.165) is 66.6 Å². The Morgan fingerprint density at radius 1 is 0.635 bits per heavy atom. The van der Waals surface area contributed by atoms with Crippen LogP contribution >= 0.6 is 0 Å². The minimum absolute atomic E-state index is 0.00400. The number of hydrogen-bond acceptors (Lipinski definition) is 1. The van der Waals surface area contributed by atoms with Crippen LogP contribution < -0.4 is 4.57 Å². The maximum Gasteiger partial charge on any atom is 0.420 e. The molecule has 8 aromatic rings. The molecular weight excluding hydrogens is 654 g/mol. The van der Waals surface area contributed by atoms with E-state index >= 15 is 13.2 Å². The van der Waals surface area contributed by atoms with Crippen LogP contribution in [0.3, 0.4) is 0 Å². The van der Waals surface area contributed by atoms with Crippen molar-refractivity contribution in [1.82, 2.24) is 4.57 Å². The lowest BCUT2D eigenvalue weighted by Crippen LogP contribution is -2.30. The first-order valence-electron chi connectivity index (χ1n) is 17.8. The molecule has 0 atom stereocenters.